The SMILES string of the molecule is Cc1cccc(-c2nc(Cl)c3ccccc3n2)c1.Cl. The molecule has 0 N–H and O–H groups in total. The summed E-state index contributed by atoms with van der Waals surface area (Å²) in [6, 6.07) is 15.9. The summed E-state index contributed by atoms with van der Waals surface area (Å²) < 4.78 is 0. The zero-order chi connectivity index (χ0) is 12.5. The first-order valence-electron chi connectivity index (χ1n) is 5.73. The number of hydrogen-bond acceptors (Lipinski definition) is 2. The van der Waals surface area contributed by atoms with Crippen LogP contribution in [0.15, 0.2) is 48.5 Å². The second-order valence-corrected chi connectivity index (χ2v) is 4.58. The van der Waals surface area contributed by atoms with Crippen LogP contribution in [0.2, 0.25) is 5.15 Å². The lowest BCUT2D eigenvalue weighted by Gasteiger charge is -2.05. The molecule has 4 heteroatoms. The molecule has 19 heavy (non-hydrogen) atoms. The Hall–Kier alpha value is -1.64. The third-order valence-corrected chi connectivity index (χ3v) is 3.12. The molecule has 2 aromatic carbocycles. The molecule has 0 saturated heterocycles. The normalized spacial score (nSPS) is 10.2. The molecule has 0 aliphatic rings. The highest BCUT2D eigenvalue weighted by Gasteiger charge is 2.07. The maximum Gasteiger partial charge on any atom is 0.161 e. The number of halogens is 2. The van der Waals surface area contributed by atoms with Gasteiger partial charge >= 0.3 is 0 Å². The van der Waals surface area contributed by atoms with Crippen molar-refractivity contribution in [2.24, 2.45) is 0 Å². The van der Waals surface area contributed by atoms with Gasteiger partial charge in [-0.3, -0.25) is 0 Å². The van der Waals surface area contributed by atoms with Crippen LogP contribution in [0.25, 0.3) is 22.3 Å². The van der Waals surface area contributed by atoms with Gasteiger partial charge in [-0.1, -0.05) is 47.5 Å². The summed E-state index contributed by atoms with van der Waals surface area (Å²) in [5.74, 6) is 0.669. The van der Waals surface area contributed by atoms with Crippen LogP contribution in [0, 0.1) is 6.92 Å². The molecule has 2 nitrogen and oxygen atoms in total. The monoisotopic (exact) mass is 290 g/mol. The molecule has 0 atom stereocenters. The maximum absolute atomic E-state index is 6.20. The fraction of sp³-hybridized carbons (Fsp3) is 0.0667. The van der Waals surface area contributed by atoms with Gasteiger partial charge in [0.15, 0.2) is 5.82 Å². The number of aryl methyl sites for hydroxylation is 1. The zero-order valence-electron chi connectivity index (χ0n) is 10.3. The smallest absolute Gasteiger partial charge is 0.161 e. The van der Waals surface area contributed by atoms with E-state index in [1.54, 1.807) is 0 Å². The van der Waals surface area contributed by atoms with Gasteiger partial charge in [-0.15, -0.1) is 12.4 Å². The predicted molar refractivity (Wildman–Crippen MR) is 82.0 cm³/mol. The Morgan fingerprint density at radius 3 is 2.53 bits per heavy atom. The van der Waals surface area contributed by atoms with Crippen LogP contribution >= 0.6 is 24.0 Å². The van der Waals surface area contributed by atoms with Crippen LogP contribution in [-0.4, -0.2) is 9.97 Å². The lowest BCUT2D eigenvalue weighted by Crippen LogP contribution is -1.91. The number of aromatic nitrogens is 2. The van der Waals surface area contributed by atoms with Gasteiger partial charge in [-0.2, -0.15) is 0 Å². The topological polar surface area (TPSA) is 25.8 Å². The van der Waals surface area contributed by atoms with E-state index in [-0.39, 0.29) is 12.4 Å². The molecule has 0 aliphatic carbocycles. The number of benzene rings is 2. The lowest BCUT2D eigenvalue weighted by molar-refractivity contribution is 1.22. The molecule has 0 spiro atoms. The summed E-state index contributed by atoms with van der Waals surface area (Å²) in [4.78, 5) is 8.92. The van der Waals surface area contributed by atoms with E-state index in [1.807, 2.05) is 49.4 Å². The molecular weight excluding hydrogens is 279 g/mol. The molecule has 3 aromatic rings. The van der Waals surface area contributed by atoms with Gasteiger partial charge in [-0.25, -0.2) is 9.97 Å². The summed E-state index contributed by atoms with van der Waals surface area (Å²) in [5, 5.41) is 1.38. The molecule has 0 unspecified atom stereocenters. The maximum atomic E-state index is 6.20. The summed E-state index contributed by atoms with van der Waals surface area (Å²) in [6.45, 7) is 2.05. The average Bonchev–Trinajstić information content (AvgIpc) is 2.39. The van der Waals surface area contributed by atoms with Gasteiger partial charge in [0, 0.05) is 10.9 Å². The first kappa shape index (κ1) is 13.8. The number of hydrogen-bond donors (Lipinski definition) is 0. The minimum Gasteiger partial charge on any atom is -0.228 e. The largest absolute Gasteiger partial charge is 0.228 e. The summed E-state index contributed by atoms with van der Waals surface area (Å²) in [7, 11) is 0. The van der Waals surface area contributed by atoms with E-state index in [0.29, 0.717) is 11.0 Å². The third-order valence-electron chi connectivity index (χ3n) is 2.83. The van der Waals surface area contributed by atoms with Crippen LogP contribution in [0.4, 0.5) is 0 Å². The molecule has 0 bridgehead atoms. The van der Waals surface area contributed by atoms with E-state index >= 15 is 0 Å². The molecule has 1 aromatic heterocycles. The molecule has 0 saturated carbocycles. The van der Waals surface area contributed by atoms with Crippen molar-refractivity contribution in [1.29, 1.82) is 0 Å². The van der Waals surface area contributed by atoms with Crippen LogP contribution < -0.4 is 0 Å². The molecule has 0 aliphatic heterocycles. The van der Waals surface area contributed by atoms with E-state index in [4.69, 9.17) is 11.6 Å². The minimum atomic E-state index is 0. The highest BCUT2D eigenvalue weighted by molar-refractivity contribution is 6.34. The minimum absolute atomic E-state index is 0. The van der Waals surface area contributed by atoms with Crippen LogP contribution in [0.5, 0.6) is 0 Å². The van der Waals surface area contributed by atoms with Crippen molar-refractivity contribution in [3.8, 4) is 11.4 Å². The van der Waals surface area contributed by atoms with Crippen molar-refractivity contribution in [1.82, 2.24) is 9.97 Å². The van der Waals surface area contributed by atoms with Crippen molar-refractivity contribution in [2.75, 3.05) is 0 Å². The van der Waals surface area contributed by atoms with Gasteiger partial charge < -0.3 is 0 Å². The van der Waals surface area contributed by atoms with Crippen molar-refractivity contribution >= 4 is 34.9 Å². The Balaban J connectivity index is 0.00000133. The Kier molecular flexibility index (Phi) is 4.03. The molecule has 0 fully saturated rings. The van der Waals surface area contributed by atoms with Crippen molar-refractivity contribution in [2.45, 2.75) is 6.92 Å². The third kappa shape index (κ3) is 2.70. The van der Waals surface area contributed by atoms with Crippen LogP contribution in [0.3, 0.4) is 0 Å². The van der Waals surface area contributed by atoms with E-state index in [1.165, 1.54) is 5.56 Å². The number of fused-ring (bicyclic) bond motifs is 1. The van der Waals surface area contributed by atoms with Gasteiger partial charge in [0.25, 0.3) is 0 Å². The van der Waals surface area contributed by atoms with Crippen molar-refractivity contribution in [3.63, 3.8) is 0 Å². The molecule has 1 heterocycles. The number of nitrogens with zero attached hydrogens (tertiary/aromatic N) is 2. The van der Waals surface area contributed by atoms with Crippen LogP contribution in [-0.2, 0) is 0 Å². The molecular formula is C15H12Cl2N2. The van der Waals surface area contributed by atoms with Gasteiger partial charge in [0.2, 0.25) is 0 Å². The van der Waals surface area contributed by atoms with Crippen LogP contribution in [0.1, 0.15) is 5.56 Å². The Labute approximate surface area is 122 Å². The summed E-state index contributed by atoms with van der Waals surface area (Å²) in [6.07, 6.45) is 0. The Morgan fingerprint density at radius 1 is 0.947 bits per heavy atom. The second-order valence-electron chi connectivity index (χ2n) is 4.22. The van der Waals surface area contributed by atoms with E-state index < -0.39 is 0 Å². The van der Waals surface area contributed by atoms with Gasteiger partial charge in [-0.05, 0) is 25.1 Å². The average molecular weight is 291 g/mol. The van der Waals surface area contributed by atoms with Gasteiger partial charge in [0.1, 0.15) is 5.15 Å². The Bertz CT molecular complexity index is 726. The van der Waals surface area contributed by atoms with Crippen molar-refractivity contribution < 1.29 is 0 Å². The summed E-state index contributed by atoms with van der Waals surface area (Å²) >= 11 is 6.20. The fourth-order valence-electron chi connectivity index (χ4n) is 1.95. The standard InChI is InChI=1S/C15H11ClN2.ClH/c1-10-5-4-6-11(9-10)15-17-13-8-3-2-7-12(13)14(16)18-15;/h2-9H,1H3;1H. The Morgan fingerprint density at radius 2 is 1.74 bits per heavy atom. The highest BCUT2D eigenvalue weighted by atomic mass is 35.5. The zero-order valence-corrected chi connectivity index (χ0v) is 11.9. The first-order valence-corrected chi connectivity index (χ1v) is 6.11. The molecule has 0 amide bonds. The lowest BCUT2D eigenvalue weighted by atomic mass is 10.1. The van der Waals surface area contributed by atoms with E-state index in [2.05, 4.69) is 16.0 Å². The second kappa shape index (κ2) is 5.55. The number of rotatable bonds is 1. The summed E-state index contributed by atoms with van der Waals surface area (Å²) in [5.41, 5.74) is 3.04. The molecule has 3 rings (SSSR count). The van der Waals surface area contributed by atoms with Gasteiger partial charge in [0.05, 0.1) is 5.52 Å². The molecule has 96 valence electrons. The van der Waals surface area contributed by atoms with E-state index in [9.17, 15) is 0 Å². The molecule has 0 radical (unpaired) electrons. The first-order chi connectivity index (χ1) is 8.74. The van der Waals surface area contributed by atoms with Crippen molar-refractivity contribution in [3.05, 3.63) is 59.2 Å². The number of para-hydroxylation sites is 1. The highest BCUT2D eigenvalue weighted by Crippen LogP contribution is 2.24. The quantitative estimate of drug-likeness (QED) is 0.608. The predicted octanol–water partition coefficient (Wildman–Crippen LogP) is 4.68. The fourth-order valence-corrected chi connectivity index (χ4v) is 2.19. The van der Waals surface area contributed by atoms with E-state index in [0.717, 1.165) is 16.5 Å².